The molecule has 0 fully saturated rings. The summed E-state index contributed by atoms with van der Waals surface area (Å²) < 4.78 is 13.6. The molecule has 0 saturated carbocycles. The first kappa shape index (κ1) is 19.9. The number of ether oxygens (including phenoxy) is 2. The van der Waals surface area contributed by atoms with E-state index >= 15 is 0 Å². The number of nitrogens with zero attached hydrogens (tertiary/aromatic N) is 3. The second kappa shape index (κ2) is 8.96. The molecule has 0 unspecified atom stereocenters. The molecule has 8 heteroatoms. The van der Waals surface area contributed by atoms with E-state index in [1.165, 1.54) is 11.3 Å². The Morgan fingerprint density at radius 2 is 1.97 bits per heavy atom. The minimum absolute atomic E-state index is 0.0874. The highest BCUT2D eigenvalue weighted by molar-refractivity contribution is 7.20. The average Bonchev–Trinajstić information content (AvgIpc) is 3.34. The van der Waals surface area contributed by atoms with Crippen LogP contribution >= 0.6 is 11.3 Å². The molecule has 4 rings (SSSR count). The summed E-state index contributed by atoms with van der Waals surface area (Å²) in [6, 6.07) is 17.1. The number of para-hydroxylation sites is 1. The highest BCUT2D eigenvalue weighted by Crippen LogP contribution is 2.30. The number of aryl methyl sites for hydroxylation is 1. The normalized spacial score (nSPS) is 10.9. The molecule has 2 heterocycles. The number of carbonyl (C=O) groups excluding carboxylic acids is 1. The van der Waals surface area contributed by atoms with Crippen molar-refractivity contribution in [2.75, 3.05) is 19.0 Å². The molecule has 0 spiro atoms. The lowest BCUT2D eigenvalue weighted by atomic mass is 10.3. The summed E-state index contributed by atoms with van der Waals surface area (Å²) in [6.45, 7) is 2.37. The fraction of sp³-hybridized carbons (Fsp3) is 0.227. The van der Waals surface area contributed by atoms with Crippen LogP contribution in [0.4, 0.5) is 5.82 Å². The van der Waals surface area contributed by atoms with Crippen LogP contribution in [-0.2, 0) is 4.79 Å². The zero-order valence-electron chi connectivity index (χ0n) is 16.8. The fourth-order valence-corrected chi connectivity index (χ4v) is 3.95. The van der Waals surface area contributed by atoms with Crippen molar-refractivity contribution < 1.29 is 14.3 Å². The summed E-state index contributed by atoms with van der Waals surface area (Å²) in [7, 11) is 1.64. The highest BCUT2D eigenvalue weighted by atomic mass is 32.1. The number of amides is 1. The Bertz CT molecular complexity index is 1150. The topological polar surface area (TPSA) is 78.3 Å². The van der Waals surface area contributed by atoms with E-state index in [4.69, 9.17) is 9.47 Å². The van der Waals surface area contributed by atoms with Gasteiger partial charge in [-0.05, 0) is 43.7 Å². The first-order valence-corrected chi connectivity index (χ1v) is 10.4. The minimum Gasteiger partial charge on any atom is -0.497 e. The number of hydrogen-bond donors (Lipinski definition) is 1. The van der Waals surface area contributed by atoms with Crippen molar-refractivity contribution in [3.05, 3.63) is 60.3 Å². The Morgan fingerprint density at radius 3 is 2.77 bits per heavy atom. The van der Waals surface area contributed by atoms with Gasteiger partial charge in [0, 0.05) is 12.5 Å². The summed E-state index contributed by atoms with van der Waals surface area (Å²) in [6.07, 6.45) is 0.975. The van der Waals surface area contributed by atoms with Crippen molar-refractivity contribution in [2.24, 2.45) is 0 Å². The third-order valence-corrected chi connectivity index (χ3v) is 5.42. The van der Waals surface area contributed by atoms with E-state index in [0.717, 1.165) is 27.4 Å². The molecule has 2 aromatic carbocycles. The van der Waals surface area contributed by atoms with Gasteiger partial charge in [0.1, 0.15) is 17.3 Å². The Hall–Kier alpha value is -3.39. The highest BCUT2D eigenvalue weighted by Gasteiger charge is 2.15. The standard InChI is InChI=1S/C22H22N4O3S/c1-15-13-20(24-21(27)9-6-12-29-16-7-4-3-5-8-16)26(25-15)22-23-18-11-10-17(28-2)14-19(18)30-22/h3-5,7-8,10-11,13-14H,6,9,12H2,1-2H3,(H,24,27). The lowest BCUT2D eigenvalue weighted by Crippen LogP contribution is -2.15. The molecule has 2 aromatic heterocycles. The molecule has 154 valence electrons. The van der Waals surface area contributed by atoms with Gasteiger partial charge >= 0.3 is 0 Å². The lowest BCUT2D eigenvalue weighted by Gasteiger charge is -2.07. The molecule has 0 bridgehead atoms. The number of methoxy groups -OCH3 is 1. The summed E-state index contributed by atoms with van der Waals surface area (Å²) in [4.78, 5) is 17.1. The number of hydrogen-bond acceptors (Lipinski definition) is 6. The molecular weight excluding hydrogens is 400 g/mol. The third kappa shape index (κ3) is 4.60. The second-order valence-corrected chi connectivity index (χ2v) is 7.74. The lowest BCUT2D eigenvalue weighted by molar-refractivity contribution is -0.116. The first-order valence-electron chi connectivity index (χ1n) is 9.62. The predicted molar refractivity (Wildman–Crippen MR) is 118 cm³/mol. The molecule has 0 aliphatic rings. The molecule has 0 atom stereocenters. The molecule has 30 heavy (non-hydrogen) atoms. The van der Waals surface area contributed by atoms with Gasteiger partial charge in [0.25, 0.3) is 0 Å². The average molecular weight is 423 g/mol. The number of anilines is 1. The van der Waals surface area contributed by atoms with Gasteiger partial charge in [-0.15, -0.1) is 0 Å². The van der Waals surface area contributed by atoms with Crippen LogP contribution in [0, 0.1) is 6.92 Å². The van der Waals surface area contributed by atoms with E-state index < -0.39 is 0 Å². The van der Waals surface area contributed by atoms with Crippen LogP contribution in [0.25, 0.3) is 15.3 Å². The van der Waals surface area contributed by atoms with Crippen molar-refractivity contribution in [3.8, 4) is 16.6 Å². The van der Waals surface area contributed by atoms with Crippen LogP contribution in [-0.4, -0.2) is 34.4 Å². The van der Waals surface area contributed by atoms with E-state index in [1.807, 2.05) is 61.5 Å². The number of nitrogens with one attached hydrogen (secondary N) is 1. The zero-order valence-corrected chi connectivity index (χ0v) is 17.6. The second-order valence-electron chi connectivity index (χ2n) is 6.73. The van der Waals surface area contributed by atoms with E-state index in [2.05, 4.69) is 15.4 Å². The van der Waals surface area contributed by atoms with Gasteiger partial charge in [-0.1, -0.05) is 29.5 Å². The maximum atomic E-state index is 12.4. The molecule has 0 aliphatic carbocycles. The van der Waals surface area contributed by atoms with Crippen molar-refractivity contribution >= 4 is 33.3 Å². The summed E-state index contributed by atoms with van der Waals surface area (Å²) in [5.74, 6) is 2.10. The number of benzene rings is 2. The molecule has 7 nitrogen and oxygen atoms in total. The number of carbonyl (C=O) groups is 1. The van der Waals surface area contributed by atoms with Gasteiger partial charge in [0.2, 0.25) is 11.0 Å². The summed E-state index contributed by atoms with van der Waals surface area (Å²) >= 11 is 1.49. The Morgan fingerprint density at radius 1 is 1.13 bits per heavy atom. The van der Waals surface area contributed by atoms with Gasteiger partial charge in [-0.2, -0.15) is 9.78 Å². The number of rotatable bonds is 8. The Balaban J connectivity index is 1.41. The Labute approximate surface area is 178 Å². The van der Waals surface area contributed by atoms with Crippen LogP contribution in [0.2, 0.25) is 0 Å². The van der Waals surface area contributed by atoms with Gasteiger partial charge in [0.05, 0.1) is 29.6 Å². The molecule has 0 aliphatic heterocycles. The van der Waals surface area contributed by atoms with Crippen LogP contribution in [0.5, 0.6) is 11.5 Å². The van der Waals surface area contributed by atoms with E-state index in [-0.39, 0.29) is 5.91 Å². The van der Waals surface area contributed by atoms with Crippen LogP contribution in [0.3, 0.4) is 0 Å². The zero-order chi connectivity index (χ0) is 20.9. The van der Waals surface area contributed by atoms with Crippen LogP contribution < -0.4 is 14.8 Å². The third-order valence-electron chi connectivity index (χ3n) is 4.42. The maximum absolute atomic E-state index is 12.4. The SMILES string of the molecule is COc1ccc2nc(-n3nc(C)cc3NC(=O)CCCOc3ccccc3)sc2c1. The summed E-state index contributed by atoms with van der Waals surface area (Å²) in [5.41, 5.74) is 1.66. The molecule has 1 amide bonds. The van der Waals surface area contributed by atoms with Crippen LogP contribution in [0.1, 0.15) is 18.5 Å². The first-order chi connectivity index (χ1) is 14.6. The van der Waals surface area contributed by atoms with Crippen molar-refractivity contribution in [1.82, 2.24) is 14.8 Å². The van der Waals surface area contributed by atoms with E-state index in [0.29, 0.717) is 30.4 Å². The van der Waals surface area contributed by atoms with Gasteiger partial charge in [-0.25, -0.2) is 4.98 Å². The Kier molecular flexibility index (Phi) is 5.94. The number of thiazole rings is 1. The maximum Gasteiger partial charge on any atom is 0.225 e. The van der Waals surface area contributed by atoms with Crippen molar-refractivity contribution in [3.63, 3.8) is 0 Å². The largest absolute Gasteiger partial charge is 0.497 e. The number of fused-ring (bicyclic) bond motifs is 1. The summed E-state index contributed by atoms with van der Waals surface area (Å²) in [5, 5.41) is 8.13. The molecule has 0 saturated heterocycles. The van der Waals surface area contributed by atoms with Gasteiger partial charge in [0.15, 0.2) is 0 Å². The van der Waals surface area contributed by atoms with Crippen LogP contribution in [0.15, 0.2) is 54.6 Å². The van der Waals surface area contributed by atoms with Gasteiger partial charge < -0.3 is 14.8 Å². The fourth-order valence-electron chi connectivity index (χ4n) is 2.99. The van der Waals surface area contributed by atoms with E-state index in [9.17, 15) is 4.79 Å². The molecule has 1 N–H and O–H groups in total. The van der Waals surface area contributed by atoms with Gasteiger partial charge in [-0.3, -0.25) is 4.79 Å². The molecule has 0 radical (unpaired) electrons. The molecule has 4 aromatic rings. The monoisotopic (exact) mass is 422 g/mol. The number of aromatic nitrogens is 3. The van der Waals surface area contributed by atoms with Crippen molar-refractivity contribution in [1.29, 1.82) is 0 Å². The quantitative estimate of drug-likeness (QED) is 0.420. The van der Waals surface area contributed by atoms with E-state index in [1.54, 1.807) is 11.8 Å². The minimum atomic E-state index is -0.0874. The molecular formula is C22H22N4O3S. The van der Waals surface area contributed by atoms with Crippen molar-refractivity contribution in [2.45, 2.75) is 19.8 Å². The smallest absolute Gasteiger partial charge is 0.225 e. The predicted octanol–water partition coefficient (Wildman–Crippen LogP) is 4.60.